The van der Waals surface area contributed by atoms with Crippen molar-refractivity contribution in [1.82, 2.24) is 5.32 Å². The summed E-state index contributed by atoms with van der Waals surface area (Å²) in [6, 6.07) is 14.0. The van der Waals surface area contributed by atoms with Crippen LogP contribution in [0.5, 0.6) is 11.6 Å². The fourth-order valence-electron chi connectivity index (χ4n) is 2.61. The predicted octanol–water partition coefficient (Wildman–Crippen LogP) is 4.79. The molecule has 0 bridgehead atoms. The van der Waals surface area contributed by atoms with Gasteiger partial charge in [-0.3, -0.25) is 4.79 Å². The highest BCUT2D eigenvalue weighted by Gasteiger charge is 2.19. The molecule has 0 saturated carbocycles. The molecule has 1 amide bonds. The van der Waals surface area contributed by atoms with Gasteiger partial charge in [0, 0.05) is 5.02 Å². The Morgan fingerprint density at radius 2 is 1.72 bits per heavy atom. The van der Waals surface area contributed by atoms with E-state index in [2.05, 4.69) is 10.3 Å². The van der Waals surface area contributed by atoms with E-state index in [1.807, 2.05) is 0 Å². The largest absolute Gasteiger partial charge is 0.478 e. The SMILES string of the molecule is C[C@H](NC(=O)c1cc(Cl)ccc1Oc1ccc(Cl)c[nH+]1)c1ccc(C(=O)O)cc1. The maximum Gasteiger partial charge on any atom is 0.371 e. The van der Waals surface area contributed by atoms with Gasteiger partial charge in [-0.1, -0.05) is 35.3 Å². The van der Waals surface area contributed by atoms with Crippen molar-refractivity contribution in [3.8, 4) is 11.6 Å². The number of halogens is 2. The average Bonchev–Trinajstić information content (AvgIpc) is 2.71. The number of nitrogens with one attached hydrogen (secondary N) is 2. The van der Waals surface area contributed by atoms with Crippen molar-refractivity contribution in [1.29, 1.82) is 0 Å². The molecule has 1 aromatic heterocycles. The minimum Gasteiger partial charge on any atom is -0.478 e. The molecule has 8 heteroatoms. The molecule has 0 aliphatic heterocycles. The minimum atomic E-state index is -1.01. The highest BCUT2D eigenvalue weighted by Crippen LogP contribution is 2.27. The van der Waals surface area contributed by atoms with E-state index in [1.165, 1.54) is 18.2 Å². The first-order valence-electron chi connectivity index (χ1n) is 8.62. The number of aromatic nitrogens is 1. The summed E-state index contributed by atoms with van der Waals surface area (Å²) in [6.07, 6.45) is 1.56. The molecule has 0 radical (unpaired) electrons. The summed E-state index contributed by atoms with van der Waals surface area (Å²) in [5, 5.41) is 12.8. The van der Waals surface area contributed by atoms with Gasteiger partial charge in [0.1, 0.15) is 10.8 Å². The Morgan fingerprint density at radius 1 is 1.03 bits per heavy atom. The van der Waals surface area contributed by atoms with E-state index in [0.717, 1.165) is 5.56 Å². The van der Waals surface area contributed by atoms with E-state index in [0.29, 0.717) is 21.7 Å². The summed E-state index contributed by atoms with van der Waals surface area (Å²) in [6.45, 7) is 1.80. The Balaban J connectivity index is 1.79. The van der Waals surface area contributed by atoms with E-state index in [-0.39, 0.29) is 23.1 Å². The molecule has 2 aromatic carbocycles. The molecular formula is C21H17Cl2N2O4+. The molecule has 0 spiro atoms. The molecule has 0 aliphatic carbocycles. The fraction of sp³-hybridized carbons (Fsp3) is 0.0952. The third kappa shape index (κ3) is 5.25. The molecule has 6 nitrogen and oxygen atoms in total. The first kappa shape index (κ1) is 20.6. The fourth-order valence-corrected chi connectivity index (χ4v) is 2.90. The Labute approximate surface area is 177 Å². The van der Waals surface area contributed by atoms with E-state index in [9.17, 15) is 9.59 Å². The number of ether oxygens (including phenoxy) is 1. The van der Waals surface area contributed by atoms with E-state index in [1.54, 1.807) is 49.5 Å². The van der Waals surface area contributed by atoms with Crippen LogP contribution in [0.3, 0.4) is 0 Å². The first-order chi connectivity index (χ1) is 13.8. The summed E-state index contributed by atoms with van der Waals surface area (Å²) >= 11 is 11.9. The van der Waals surface area contributed by atoms with Crippen LogP contribution >= 0.6 is 23.2 Å². The van der Waals surface area contributed by atoms with Crippen LogP contribution in [0.1, 0.15) is 39.2 Å². The highest BCUT2D eigenvalue weighted by molar-refractivity contribution is 6.31. The van der Waals surface area contributed by atoms with Gasteiger partial charge in [0.25, 0.3) is 5.91 Å². The zero-order valence-electron chi connectivity index (χ0n) is 15.3. The molecule has 148 valence electrons. The number of pyridine rings is 1. The van der Waals surface area contributed by atoms with Crippen molar-refractivity contribution in [2.45, 2.75) is 13.0 Å². The third-order valence-corrected chi connectivity index (χ3v) is 4.63. The van der Waals surface area contributed by atoms with Gasteiger partial charge in [-0.15, -0.1) is 0 Å². The summed E-state index contributed by atoms with van der Waals surface area (Å²) in [5.41, 5.74) is 1.20. The smallest absolute Gasteiger partial charge is 0.371 e. The van der Waals surface area contributed by atoms with Gasteiger partial charge < -0.3 is 15.2 Å². The predicted molar refractivity (Wildman–Crippen MR) is 109 cm³/mol. The maximum atomic E-state index is 12.8. The van der Waals surface area contributed by atoms with Gasteiger partial charge in [0.15, 0.2) is 6.20 Å². The van der Waals surface area contributed by atoms with Crippen LogP contribution in [-0.4, -0.2) is 17.0 Å². The molecule has 3 aromatic rings. The third-order valence-electron chi connectivity index (χ3n) is 4.16. The lowest BCUT2D eigenvalue weighted by molar-refractivity contribution is -0.390. The Bertz CT molecular complexity index is 1040. The van der Waals surface area contributed by atoms with Crippen LogP contribution in [0, 0.1) is 0 Å². The number of H-pyrrole nitrogens is 1. The molecule has 3 rings (SSSR count). The molecule has 29 heavy (non-hydrogen) atoms. The number of benzene rings is 2. The van der Waals surface area contributed by atoms with Crippen LogP contribution < -0.4 is 15.0 Å². The standard InChI is InChI=1S/C21H16Cl2N2O4/c1-12(13-2-4-14(5-3-13)21(27)28)25-20(26)17-10-15(22)6-8-18(17)29-19-9-7-16(23)11-24-19/h2-12H,1H3,(H,25,26)(H,27,28)/p+1/t12-/m0/s1. The molecule has 0 saturated heterocycles. The van der Waals surface area contributed by atoms with Gasteiger partial charge in [0.2, 0.25) is 0 Å². The van der Waals surface area contributed by atoms with Crippen LogP contribution in [-0.2, 0) is 0 Å². The molecule has 1 atom stereocenters. The molecule has 1 heterocycles. The highest BCUT2D eigenvalue weighted by atomic mass is 35.5. The molecule has 0 unspecified atom stereocenters. The second-order valence-corrected chi connectivity index (χ2v) is 7.11. The number of hydrogen-bond acceptors (Lipinski definition) is 3. The zero-order valence-corrected chi connectivity index (χ0v) is 16.8. The number of carboxylic acid groups (broad SMARTS) is 1. The monoisotopic (exact) mass is 431 g/mol. The summed E-state index contributed by atoms with van der Waals surface area (Å²) in [4.78, 5) is 26.7. The van der Waals surface area contributed by atoms with Crippen molar-refractivity contribution in [2.75, 3.05) is 0 Å². The van der Waals surface area contributed by atoms with E-state index >= 15 is 0 Å². The van der Waals surface area contributed by atoms with Crippen molar-refractivity contribution < 1.29 is 24.4 Å². The molecule has 0 aliphatic rings. The van der Waals surface area contributed by atoms with Crippen molar-refractivity contribution in [2.24, 2.45) is 0 Å². The lowest BCUT2D eigenvalue weighted by Gasteiger charge is -2.16. The second-order valence-electron chi connectivity index (χ2n) is 6.24. The average molecular weight is 432 g/mol. The zero-order chi connectivity index (χ0) is 21.0. The lowest BCUT2D eigenvalue weighted by atomic mass is 10.1. The molecular weight excluding hydrogens is 415 g/mol. The number of amides is 1. The molecule has 3 N–H and O–H groups in total. The number of carbonyl (C=O) groups is 2. The summed E-state index contributed by atoms with van der Waals surface area (Å²) in [5.74, 6) is -0.666. The minimum absolute atomic E-state index is 0.178. The van der Waals surface area contributed by atoms with Crippen LogP contribution in [0.4, 0.5) is 0 Å². The van der Waals surface area contributed by atoms with Gasteiger partial charge in [-0.05, 0) is 48.9 Å². The lowest BCUT2D eigenvalue weighted by Crippen LogP contribution is -2.27. The normalized spacial score (nSPS) is 11.6. The van der Waals surface area contributed by atoms with Crippen molar-refractivity contribution >= 4 is 35.1 Å². The number of carbonyl (C=O) groups excluding carboxylic acids is 1. The number of rotatable bonds is 6. The summed E-state index contributed by atoms with van der Waals surface area (Å²) < 4.78 is 5.77. The first-order valence-corrected chi connectivity index (χ1v) is 9.38. The number of hydrogen-bond donors (Lipinski definition) is 2. The van der Waals surface area contributed by atoms with Crippen molar-refractivity contribution in [3.05, 3.63) is 87.5 Å². The van der Waals surface area contributed by atoms with Gasteiger partial charge >= 0.3 is 11.8 Å². The number of carboxylic acids is 1. The second kappa shape index (κ2) is 8.94. The van der Waals surface area contributed by atoms with E-state index < -0.39 is 5.97 Å². The molecule has 0 fully saturated rings. The van der Waals surface area contributed by atoms with Gasteiger partial charge in [-0.2, -0.15) is 4.98 Å². The Morgan fingerprint density at radius 3 is 2.34 bits per heavy atom. The quantitative estimate of drug-likeness (QED) is 0.586. The number of aromatic amines is 1. The van der Waals surface area contributed by atoms with Crippen LogP contribution in [0.25, 0.3) is 0 Å². The summed E-state index contributed by atoms with van der Waals surface area (Å²) in [7, 11) is 0. The van der Waals surface area contributed by atoms with E-state index in [4.69, 9.17) is 33.0 Å². The Hall–Kier alpha value is -3.09. The van der Waals surface area contributed by atoms with Gasteiger partial charge in [-0.25, -0.2) is 4.79 Å². The topological polar surface area (TPSA) is 89.8 Å². The number of aromatic carboxylic acids is 1. The maximum absolute atomic E-state index is 12.8. The Kier molecular flexibility index (Phi) is 6.36. The van der Waals surface area contributed by atoms with Crippen LogP contribution in [0.2, 0.25) is 10.0 Å². The van der Waals surface area contributed by atoms with Crippen molar-refractivity contribution in [3.63, 3.8) is 0 Å². The van der Waals surface area contributed by atoms with Crippen LogP contribution in [0.15, 0.2) is 60.8 Å². The van der Waals surface area contributed by atoms with Gasteiger partial charge in [0.05, 0.1) is 23.2 Å².